The summed E-state index contributed by atoms with van der Waals surface area (Å²) in [5, 5.41) is 8.73. The summed E-state index contributed by atoms with van der Waals surface area (Å²) in [6.07, 6.45) is 1.51. The van der Waals surface area contributed by atoms with Crippen molar-refractivity contribution in [1.29, 1.82) is 0 Å². The van der Waals surface area contributed by atoms with Crippen LogP contribution in [0.5, 0.6) is 5.75 Å². The van der Waals surface area contributed by atoms with Gasteiger partial charge in [0.05, 0.1) is 18.2 Å². The highest BCUT2D eigenvalue weighted by Gasteiger charge is 2.14. The molecule has 0 unspecified atom stereocenters. The standard InChI is InChI=1S/C10H13BrN2O3/c1-13(3-4-14)10(15)8-5-9(16-2)7(11)6-12-8/h5-6,14H,3-4H2,1-2H3. The summed E-state index contributed by atoms with van der Waals surface area (Å²) in [6, 6.07) is 1.56. The van der Waals surface area contributed by atoms with Crippen molar-refractivity contribution >= 4 is 21.8 Å². The predicted molar refractivity (Wildman–Crippen MR) is 62.5 cm³/mol. The summed E-state index contributed by atoms with van der Waals surface area (Å²) in [5.41, 5.74) is 0.288. The number of hydrogen-bond acceptors (Lipinski definition) is 4. The van der Waals surface area contributed by atoms with E-state index in [1.54, 1.807) is 13.1 Å². The number of pyridine rings is 1. The molecule has 0 saturated heterocycles. The summed E-state index contributed by atoms with van der Waals surface area (Å²) in [5.74, 6) is 0.301. The van der Waals surface area contributed by atoms with Gasteiger partial charge < -0.3 is 14.7 Å². The van der Waals surface area contributed by atoms with Gasteiger partial charge in [0.1, 0.15) is 11.4 Å². The van der Waals surface area contributed by atoms with Crippen LogP contribution in [0.25, 0.3) is 0 Å². The van der Waals surface area contributed by atoms with Crippen LogP contribution in [0.3, 0.4) is 0 Å². The third kappa shape index (κ3) is 2.93. The minimum Gasteiger partial charge on any atom is -0.495 e. The number of carbonyl (C=O) groups excluding carboxylic acids is 1. The van der Waals surface area contributed by atoms with Gasteiger partial charge in [-0.15, -0.1) is 0 Å². The van der Waals surface area contributed by atoms with E-state index >= 15 is 0 Å². The monoisotopic (exact) mass is 288 g/mol. The van der Waals surface area contributed by atoms with Crippen molar-refractivity contribution in [3.63, 3.8) is 0 Å². The van der Waals surface area contributed by atoms with Gasteiger partial charge in [-0.05, 0) is 15.9 Å². The molecular weight excluding hydrogens is 276 g/mol. The number of ether oxygens (including phenoxy) is 1. The molecule has 0 saturated carbocycles. The van der Waals surface area contributed by atoms with Crippen LogP contribution in [0, 0.1) is 0 Å². The Morgan fingerprint density at radius 1 is 1.69 bits per heavy atom. The first-order valence-electron chi connectivity index (χ1n) is 4.66. The van der Waals surface area contributed by atoms with E-state index in [0.29, 0.717) is 10.2 Å². The normalized spacial score (nSPS) is 10.0. The molecule has 1 aromatic rings. The van der Waals surface area contributed by atoms with E-state index in [-0.39, 0.29) is 24.8 Å². The Labute approximate surface area is 102 Å². The molecule has 0 bridgehead atoms. The Hall–Kier alpha value is -1.14. The third-order valence-electron chi connectivity index (χ3n) is 2.04. The highest BCUT2D eigenvalue weighted by Crippen LogP contribution is 2.24. The van der Waals surface area contributed by atoms with E-state index in [1.807, 2.05) is 0 Å². The van der Waals surface area contributed by atoms with Crippen LogP contribution in [-0.4, -0.2) is 48.2 Å². The molecule has 1 rings (SSSR count). The number of aliphatic hydroxyl groups is 1. The number of amides is 1. The van der Waals surface area contributed by atoms with Crippen molar-refractivity contribution < 1.29 is 14.6 Å². The molecule has 0 aliphatic heterocycles. The van der Waals surface area contributed by atoms with Gasteiger partial charge in [0.15, 0.2) is 0 Å². The third-order valence-corrected chi connectivity index (χ3v) is 2.64. The number of aliphatic hydroxyl groups excluding tert-OH is 1. The molecule has 88 valence electrons. The minimum atomic E-state index is -0.250. The summed E-state index contributed by atoms with van der Waals surface area (Å²) in [6.45, 7) is 0.203. The lowest BCUT2D eigenvalue weighted by molar-refractivity contribution is 0.0761. The lowest BCUT2D eigenvalue weighted by Crippen LogP contribution is -2.30. The van der Waals surface area contributed by atoms with Crippen molar-refractivity contribution in [2.24, 2.45) is 0 Å². The maximum Gasteiger partial charge on any atom is 0.272 e. The van der Waals surface area contributed by atoms with E-state index in [9.17, 15) is 4.79 Å². The molecule has 5 nitrogen and oxygen atoms in total. The molecule has 0 aliphatic carbocycles. The zero-order valence-corrected chi connectivity index (χ0v) is 10.7. The van der Waals surface area contributed by atoms with E-state index in [4.69, 9.17) is 9.84 Å². The van der Waals surface area contributed by atoms with Crippen molar-refractivity contribution in [2.75, 3.05) is 27.3 Å². The molecule has 1 heterocycles. The van der Waals surface area contributed by atoms with Crippen LogP contribution in [0.2, 0.25) is 0 Å². The fourth-order valence-electron chi connectivity index (χ4n) is 1.14. The zero-order valence-electron chi connectivity index (χ0n) is 9.11. The summed E-state index contributed by atoms with van der Waals surface area (Å²) in [4.78, 5) is 17.2. The second kappa shape index (κ2) is 5.81. The van der Waals surface area contributed by atoms with Crippen molar-refractivity contribution in [3.8, 4) is 5.75 Å². The van der Waals surface area contributed by atoms with E-state index < -0.39 is 0 Å². The number of aromatic nitrogens is 1. The quantitative estimate of drug-likeness (QED) is 0.895. The Balaban J connectivity index is 2.92. The Morgan fingerprint density at radius 2 is 2.38 bits per heavy atom. The summed E-state index contributed by atoms with van der Waals surface area (Å²) < 4.78 is 5.76. The first kappa shape index (κ1) is 12.9. The second-order valence-corrected chi connectivity index (χ2v) is 4.01. The van der Waals surface area contributed by atoms with Gasteiger partial charge in [-0.3, -0.25) is 4.79 Å². The van der Waals surface area contributed by atoms with Crippen molar-refractivity contribution in [2.45, 2.75) is 0 Å². The fraction of sp³-hybridized carbons (Fsp3) is 0.400. The van der Waals surface area contributed by atoms with Gasteiger partial charge in [0.2, 0.25) is 0 Å². The number of hydrogen-bond donors (Lipinski definition) is 1. The molecule has 1 N–H and O–H groups in total. The molecule has 6 heteroatoms. The van der Waals surface area contributed by atoms with Gasteiger partial charge in [0, 0.05) is 25.9 Å². The molecule has 0 atom stereocenters. The highest BCUT2D eigenvalue weighted by molar-refractivity contribution is 9.10. The highest BCUT2D eigenvalue weighted by atomic mass is 79.9. The number of likely N-dealkylation sites (N-methyl/N-ethyl adjacent to an activating group) is 1. The molecule has 0 radical (unpaired) electrons. The van der Waals surface area contributed by atoms with Crippen molar-refractivity contribution in [3.05, 3.63) is 22.4 Å². The average molecular weight is 289 g/mol. The SMILES string of the molecule is COc1cc(C(=O)N(C)CCO)ncc1Br. The molecule has 0 aliphatic rings. The Kier molecular flexibility index (Phi) is 4.70. The van der Waals surface area contributed by atoms with Crippen LogP contribution in [0.15, 0.2) is 16.7 Å². The largest absolute Gasteiger partial charge is 0.495 e. The molecule has 0 aromatic carbocycles. The maximum atomic E-state index is 11.8. The van der Waals surface area contributed by atoms with E-state index in [1.165, 1.54) is 18.2 Å². The van der Waals surface area contributed by atoms with Crippen LogP contribution >= 0.6 is 15.9 Å². The fourth-order valence-corrected chi connectivity index (χ4v) is 1.52. The number of methoxy groups -OCH3 is 1. The minimum absolute atomic E-state index is 0.0735. The van der Waals surface area contributed by atoms with Gasteiger partial charge in [-0.1, -0.05) is 0 Å². The molecule has 0 spiro atoms. The number of nitrogens with zero attached hydrogens (tertiary/aromatic N) is 2. The lowest BCUT2D eigenvalue weighted by atomic mass is 10.3. The van der Waals surface area contributed by atoms with Gasteiger partial charge >= 0.3 is 0 Å². The molecular formula is C10H13BrN2O3. The topological polar surface area (TPSA) is 62.7 Å². The number of rotatable bonds is 4. The van der Waals surface area contributed by atoms with E-state index in [2.05, 4.69) is 20.9 Å². The molecule has 16 heavy (non-hydrogen) atoms. The Bertz CT molecular complexity index is 384. The average Bonchev–Trinajstić information content (AvgIpc) is 2.29. The van der Waals surface area contributed by atoms with Crippen LogP contribution in [0.4, 0.5) is 0 Å². The second-order valence-electron chi connectivity index (χ2n) is 3.15. The number of carbonyl (C=O) groups is 1. The van der Waals surface area contributed by atoms with Gasteiger partial charge in [-0.2, -0.15) is 0 Å². The number of halogens is 1. The van der Waals surface area contributed by atoms with Gasteiger partial charge in [0.25, 0.3) is 5.91 Å². The van der Waals surface area contributed by atoms with Crippen LogP contribution in [0.1, 0.15) is 10.5 Å². The van der Waals surface area contributed by atoms with Crippen LogP contribution in [-0.2, 0) is 0 Å². The summed E-state index contributed by atoms with van der Waals surface area (Å²) in [7, 11) is 3.13. The van der Waals surface area contributed by atoms with Gasteiger partial charge in [-0.25, -0.2) is 4.98 Å². The van der Waals surface area contributed by atoms with Crippen molar-refractivity contribution in [1.82, 2.24) is 9.88 Å². The van der Waals surface area contributed by atoms with Crippen LogP contribution < -0.4 is 4.74 Å². The molecule has 1 amide bonds. The first-order valence-corrected chi connectivity index (χ1v) is 5.45. The lowest BCUT2D eigenvalue weighted by Gasteiger charge is -2.15. The predicted octanol–water partition coefficient (Wildman–Crippen LogP) is 0.917. The zero-order chi connectivity index (χ0) is 12.1. The molecule has 0 fully saturated rings. The summed E-state index contributed by atoms with van der Waals surface area (Å²) >= 11 is 3.26. The Morgan fingerprint density at radius 3 is 2.94 bits per heavy atom. The smallest absolute Gasteiger partial charge is 0.272 e. The molecule has 1 aromatic heterocycles. The first-order chi connectivity index (χ1) is 7.60. The maximum absolute atomic E-state index is 11.8. The van der Waals surface area contributed by atoms with E-state index in [0.717, 1.165) is 0 Å².